The molecular weight excluding hydrogens is 268 g/mol. The molecule has 0 spiro atoms. The van der Waals surface area contributed by atoms with Crippen LogP contribution in [-0.2, 0) is 9.53 Å². The topological polar surface area (TPSA) is 88.7 Å². The number of aliphatic imine (C=N–C) groups is 1. The lowest BCUT2D eigenvalue weighted by atomic mass is 9.97. The average Bonchev–Trinajstić information content (AvgIpc) is 2.47. The Labute approximate surface area is 126 Å². The predicted molar refractivity (Wildman–Crippen MR) is 83.0 cm³/mol. The van der Waals surface area contributed by atoms with Crippen molar-refractivity contribution in [2.45, 2.75) is 57.3 Å². The molecule has 2 aliphatic rings. The molecule has 2 aliphatic heterocycles. The van der Waals surface area contributed by atoms with E-state index in [2.05, 4.69) is 22.5 Å². The molecule has 0 bridgehead atoms. The molecule has 0 radical (unpaired) electrons. The number of methoxy groups -OCH3 is 1. The summed E-state index contributed by atoms with van der Waals surface area (Å²) < 4.78 is 5.24. The highest BCUT2D eigenvalue weighted by Gasteiger charge is 2.21. The minimum absolute atomic E-state index is 0.133. The highest BCUT2D eigenvalue weighted by atomic mass is 16.5. The maximum Gasteiger partial charge on any atom is 0.256 e. The molecule has 0 aromatic heterocycles. The number of dihydropyridines is 1. The number of amides is 1. The summed E-state index contributed by atoms with van der Waals surface area (Å²) in [5, 5.41) is 6.51. The molecule has 4 N–H and O–H groups in total. The summed E-state index contributed by atoms with van der Waals surface area (Å²) in [6.07, 6.45) is 6.30. The van der Waals surface area contributed by atoms with Crippen molar-refractivity contribution in [2.75, 3.05) is 13.7 Å². The number of hydrogen-bond acceptors (Lipinski definition) is 5. The van der Waals surface area contributed by atoms with Gasteiger partial charge in [-0.25, -0.2) is 0 Å². The van der Waals surface area contributed by atoms with E-state index < -0.39 is 0 Å². The summed E-state index contributed by atoms with van der Waals surface area (Å²) in [6.45, 7) is 2.87. The van der Waals surface area contributed by atoms with Crippen LogP contribution in [0.3, 0.4) is 0 Å². The van der Waals surface area contributed by atoms with Crippen molar-refractivity contribution in [1.29, 1.82) is 0 Å². The summed E-state index contributed by atoms with van der Waals surface area (Å²) in [5.74, 6) is 0.478. The number of carbonyl (C=O) groups is 1. The first-order valence-electron chi connectivity index (χ1n) is 7.70. The van der Waals surface area contributed by atoms with E-state index in [0.29, 0.717) is 36.4 Å². The van der Waals surface area contributed by atoms with E-state index in [4.69, 9.17) is 10.5 Å². The molecule has 118 valence electrons. The summed E-state index contributed by atoms with van der Waals surface area (Å²) in [6, 6.07) is 1.08. The fraction of sp³-hybridized carbons (Fsp3) is 0.733. The number of nitrogens with one attached hydrogen (secondary N) is 2. The van der Waals surface area contributed by atoms with E-state index in [1.807, 2.05) is 0 Å². The van der Waals surface area contributed by atoms with Crippen molar-refractivity contribution in [3.63, 3.8) is 0 Å². The number of ether oxygens (including phenoxy) is 1. The Morgan fingerprint density at radius 2 is 2.38 bits per heavy atom. The zero-order valence-electron chi connectivity index (χ0n) is 12.9. The second kappa shape index (κ2) is 7.56. The van der Waals surface area contributed by atoms with Crippen LogP contribution in [0.2, 0.25) is 0 Å². The van der Waals surface area contributed by atoms with Gasteiger partial charge in [-0.1, -0.05) is 6.42 Å². The summed E-state index contributed by atoms with van der Waals surface area (Å²) in [7, 11) is 1.56. The first-order chi connectivity index (χ1) is 10.1. The standard InChI is InChI=1S/C15H26N4O2/c1-10-4-3-5-11(19-10)6-7-17-15(20)12-9-18-14(16)8-13(12)21-2/h9-11,14,19H,3-8,16H2,1-2H3,(H,17,20). The molecule has 1 amide bonds. The Morgan fingerprint density at radius 1 is 1.57 bits per heavy atom. The van der Waals surface area contributed by atoms with Crippen LogP contribution < -0.4 is 16.4 Å². The highest BCUT2D eigenvalue weighted by molar-refractivity contribution is 6.13. The Balaban J connectivity index is 1.80. The van der Waals surface area contributed by atoms with E-state index >= 15 is 0 Å². The van der Waals surface area contributed by atoms with E-state index in [1.165, 1.54) is 25.5 Å². The molecule has 0 saturated carbocycles. The van der Waals surface area contributed by atoms with Gasteiger partial charge in [0.2, 0.25) is 0 Å². The third kappa shape index (κ3) is 4.54. The summed E-state index contributed by atoms with van der Waals surface area (Å²) >= 11 is 0. The Bertz CT molecular complexity index is 433. The van der Waals surface area contributed by atoms with E-state index in [0.717, 1.165) is 6.42 Å². The van der Waals surface area contributed by atoms with Gasteiger partial charge < -0.3 is 21.1 Å². The lowest BCUT2D eigenvalue weighted by Gasteiger charge is -2.28. The fourth-order valence-electron chi connectivity index (χ4n) is 2.90. The van der Waals surface area contributed by atoms with Crippen LogP contribution in [0.5, 0.6) is 0 Å². The summed E-state index contributed by atoms with van der Waals surface area (Å²) in [4.78, 5) is 16.3. The molecule has 0 aromatic rings. The van der Waals surface area contributed by atoms with Gasteiger partial charge in [0, 0.05) is 31.3 Å². The predicted octanol–water partition coefficient (Wildman–Crippen LogP) is 0.683. The number of hydrogen-bond donors (Lipinski definition) is 3. The van der Waals surface area contributed by atoms with Crippen LogP contribution >= 0.6 is 0 Å². The molecule has 6 nitrogen and oxygen atoms in total. The Kier molecular flexibility index (Phi) is 5.76. The van der Waals surface area contributed by atoms with Gasteiger partial charge in [0.05, 0.1) is 12.7 Å². The molecule has 3 unspecified atom stereocenters. The number of piperidine rings is 1. The highest BCUT2D eigenvalue weighted by Crippen LogP contribution is 2.16. The number of nitrogens with two attached hydrogens (primary N) is 1. The van der Waals surface area contributed by atoms with Crippen molar-refractivity contribution < 1.29 is 9.53 Å². The maximum atomic E-state index is 12.2. The van der Waals surface area contributed by atoms with Gasteiger partial charge in [0.15, 0.2) is 0 Å². The van der Waals surface area contributed by atoms with Crippen LogP contribution in [0.4, 0.5) is 0 Å². The summed E-state index contributed by atoms with van der Waals surface area (Å²) in [5.41, 5.74) is 6.21. The molecule has 2 rings (SSSR count). The number of carbonyl (C=O) groups excluding carboxylic acids is 1. The molecule has 0 aromatic carbocycles. The normalized spacial score (nSPS) is 29.4. The zero-order chi connectivity index (χ0) is 15.2. The lowest BCUT2D eigenvalue weighted by molar-refractivity contribution is -0.117. The van der Waals surface area contributed by atoms with Crippen molar-refractivity contribution >= 4 is 12.1 Å². The van der Waals surface area contributed by atoms with Crippen molar-refractivity contribution in [1.82, 2.24) is 10.6 Å². The van der Waals surface area contributed by atoms with E-state index in [9.17, 15) is 4.79 Å². The van der Waals surface area contributed by atoms with Crippen LogP contribution in [-0.4, -0.2) is 44.0 Å². The number of rotatable bonds is 5. The SMILES string of the molecule is COC1=C(C(=O)NCCC2CCCC(C)N2)C=NC(N)C1. The van der Waals surface area contributed by atoms with Crippen LogP contribution in [0.25, 0.3) is 0 Å². The van der Waals surface area contributed by atoms with E-state index in [-0.39, 0.29) is 12.1 Å². The van der Waals surface area contributed by atoms with Gasteiger partial charge in [0.25, 0.3) is 5.91 Å². The van der Waals surface area contributed by atoms with Gasteiger partial charge in [0.1, 0.15) is 11.9 Å². The molecule has 6 heteroatoms. The average molecular weight is 294 g/mol. The molecule has 1 fully saturated rings. The minimum atomic E-state index is -0.315. The first-order valence-corrected chi connectivity index (χ1v) is 7.70. The van der Waals surface area contributed by atoms with Crippen molar-refractivity contribution in [3.8, 4) is 0 Å². The molecule has 21 heavy (non-hydrogen) atoms. The monoisotopic (exact) mass is 294 g/mol. The van der Waals surface area contributed by atoms with Crippen molar-refractivity contribution in [2.24, 2.45) is 10.7 Å². The largest absolute Gasteiger partial charge is 0.500 e. The van der Waals surface area contributed by atoms with Gasteiger partial charge >= 0.3 is 0 Å². The molecule has 1 saturated heterocycles. The molecule has 0 aliphatic carbocycles. The Hall–Kier alpha value is -1.40. The lowest BCUT2D eigenvalue weighted by Crippen LogP contribution is -2.42. The van der Waals surface area contributed by atoms with Gasteiger partial charge in [-0.05, 0) is 26.2 Å². The van der Waals surface area contributed by atoms with Gasteiger partial charge in [-0.3, -0.25) is 9.79 Å². The smallest absolute Gasteiger partial charge is 0.256 e. The van der Waals surface area contributed by atoms with Crippen molar-refractivity contribution in [3.05, 3.63) is 11.3 Å². The van der Waals surface area contributed by atoms with Crippen LogP contribution in [0.1, 0.15) is 39.0 Å². The Morgan fingerprint density at radius 3 is 3.10 bits per heavy atom. The molecule has 2 heterocycles. The third-order valence-electron chi connectivity index (χ3n) is 4.07. The first kappa shape index (κ1) is 16.0. The van der Waals surface area contributed by atoms with Gasteiger partial charge in [-0.15, -0.1) is 0 Å². The second-order valence-electron chi connectivity index (χ2n) is 5.83. The zero-order valence-corrected chi connectivity index (χ0v) is 12.9. The van der Waals surface area contributed by atoms with E-state index in [1.54, 1.807) is 7.11 Å². The molecular formula is C15H26N4O2. The van der Waals surface area contributed by atoms with Gasteiger partial charge in [-0.2, -0.15) is 0 Å². The molecule has 3 atom stereocenters. The van der Waals surface area contributed by atoms with Crippen LogP contribution in [0.15, 0.2) is 16.3 Å². The fourth-order valence-corrected chi connectivity index (χ4v) is 2.90. The second-order valence-corrected chi connectivity index (χ2v) is 5.83. The maximum absolute atomic E-state index is 12.2. The number of nitrogens with zero attached hydrogens (tertiary/aromatic N) is 1. The quantitative estimate of drug-likeness (QED) is 0.696. The van der Waals surface area contributed by atoms with Crippen LogP contribution in [0, 0.1) is 0 Å². The third-order valence-corrected chi connectivity index (χ3v) is 4.07. The minimum Gasteiger partial charge on any atom is -0.500 e.